The molecule has 0 aliphatic carbocycles. The zero-order valence-corrected chi connectivity index (χ0v) is 20.7. The van der Waals surface area contributed by atoms with Crippen LogP contribution in [0.25, 0.3) is 0 Å². The predicted molar refractivity (Wildman–Crippen MR) is 131 cm³/mol. The molecule has 1 aromatic heterocycles. The molecule has 4 rings (SSSR count). The second kappa shape index (κ2) is 10.7. The third-order valence-corrected chi connectivity index (χ3v) is 6.31. The molecule has 11 nitrogen and oxygen atoms in total. The van der Waals surface area contributed by atoms with Crippen molar-refractivity contribution in [2.75, 3.05) is 38.9 Å². The molecule has 3 heterocycles. The maximum atomic E-state index is 12.2. The minimum absolute atomic E-state index is 0.0527. The van der Waals surface area contributed by atoms with Crippen LogP contribution in [-0.2, 0) is 30.0 Å². The molecule has 0 saturated carbocycles. The van der Waals surface area contributed by atoms with Crippen molar-refractivity contribution in [1.82, 2.24) is 9.78 Å². The van der Waals surface area contributed by atoms with Crippen LogP contribution in [0.4, 0.5) is 11.5 Å². The van der Waals surface area contributed by atoms with Gasteiger partial charge < -0.3 is 29.8 Å². The Hall–Kier alpha value is -3.40. The zero-order valence-electron chi connectivity index (χ0n) is 20.7. The average molecular weight is 495 g/mol. The third-order valence-electron chi connectivity index (χ3n) is 6.31. The van der Waals surface area contributed by atoms with E-state index in [0.29, 0.717) is 49.6 Å². The Balaban J connectivity index is 1.64. The van der Waals surface area contributed by atoms with Gasteiger partial charge in [-0.2, -0.15) is 10.4 Å². The first-order valence-corrected chi connectivity index (χ1v) is 11.8. The fourth-order valence-corrected chi connectivity index (χ4v) is 4.26. The first-order valence-electron chi connectivity index (χ1n) is 11.8. The van der Waals surface area contributed by atoms with Crippen molar-refractivity contribution in [1.29, 1.82) is 5.26 Å². The van der Waals surface area contributed by atoms with Crippen LogP contribution in [0.1, 0.15) is 42.2 Å². The number of anilines is 2. The van der Waals surface area contributed by atoms with Crippen molar-refractivity contribution in [3.63, 3.8) is 0 Å². The number of ether oxygens (including phenoxy) is 2. The Morgan fingerprint density at radius 2 is 2.11 bits per heavy atom. The number of methoxy groups -OCH3 is 1. The van der Waals surface area contributed by atoms with Crippen LogP contribution >= 0.6 is 0 Å². The number of nitrogens with zero attached hydrogens (tertiary/aromatic N) is 3. The summed E-state index contributed by atoms with van der Waals surface area (Å²) in [5.74, 6) is -1.08. The van der Waals surface area contributed by atoms with Crippen molar-refractivity contribution >= 4 is 36.0 Å². The average Bonchev–Trinajstić information content (AvgIpc) is 3.28. The quantitative estimate of drug-likeness (QED) is 0.428. The molecule has 1 aromatic carbocycles. The minimum atomic E-state index is -0.664. The monoisotopic (exact) mass is 495 g/mol. The van der Waals surface area contributed by atoms with Gasteiger partial charge in [-0.25, -0.2) is 0 Å². The van der Waals surface area contributed by atoms with Crippen molar-refractivity contribution in [2.45, 2.75) is 32.7 Å². The summed E-state index contributed by atoms with van der Waals surface area (Å²) in [4.78, 5) is 24.2. The van der Waals surface area contributed by atoms with E-state index in [1.165, 1.54) is 13.3 Å². The number of nitrogens with one attached hydrogen (secondary N) is 1. The van der Waals surface area contributed by atoms with Crippen LogP contribution < -0.4 is 16.5 Å². The molecular weight excluding hydrogens is 465 g/mol. The summed E-state index contributed by atoms with van der Waals surface area (Å²) in [6.45, 7) is 5.90. The zero-order chi connectivity index (χ0) is 25.9. The van der Waals surface area contributed by atoms with Gasteiger partial charge in [-0.1, -0.05) is 19.9 Å². The molecule has 12 heteroatoms. The van der Waals surface area contributed by atoms with Crippen molar-refractivity contribution in [3.8, 4) is 6.07 Å². The van der Waals surface area contributed by atoms with Gasteiger partial charge in [0.1, 0.15) is 5.56 Å². The fraction of sp³-hybridized carbons (Fsp3) is 0.500. The Morgan fingerprint density at radius 3 is 2.78 bits per heavy atom. The normalized spacial score (nSPS) is 21.4. The van der Waals surface area contributed by atoms with Crippen LogP contribution in [0.5, 0.6) is 0 Å². The van der Waals surface area contributed by atoms with Crippen LogP contribution in [0.2, 0.25) is 0 Å². The second-order valence-electron chi connectivity index (χ2n) is 9.81. The van der Waals surface area contributed by atoms with Crippen LogP contribution in [0.3, 0.4) is 0 Å². The van der Waals surface area contributed by atoms with Gasteiger partial charge in [-0.3, -0.25) is 14.3 Å². The molecule has 1 unspecified atom stereocenters. The molecule has 190 valence electrons. The number of rotatable bonds is 7. The first kappa shape index (κ1) is 25.7. The van der Waals surface area contributed by atoms with E-state index in [4.69, 9.17) is 24.5 Å². The van der Waals surface area contributed by atoms with E-state index in [2.05, 4.69) is 16.5 Å². The molecule has 1 amide bonds. The molecule has 2 saturated heterocycles. The highest BCUT2D eigenvalue weighted by atomic mass is 16.6. The lowest BCUT2D eigenvalue weighted by molar-refractivity contribution is -0.139. The Bertz CT molecular complexity index is 1170. The fourth-order valence-electron chi connectivity index (χ4n) is 4.26. The second-order valence-corrected chi connectivity index (χ2v) is 9.81. The number of hydrogen-bond acceptors (Lipinski definition) is 9. The molecule has 0 spiro atoms. The Labute approximate surface area is 210 Å². The van der Waals surface area contributed by atoms with E-state index in [1.807, 2.05) is 13.8 Å². The number of nitriles is 1. The van der Waals surface area contributed by atoms with E-state index in [1.54, 1.807) is 22.9 Å². The number of nitrogens with two attached hydrogens (primary N) is 1. The van der Waals surface area contributed by atoms with Crippen LogP contribution in [0.15, 0.2) is 24.4 Å². The maximum absolute atomic E-state index is 12.2. The Morgan fingerprint density at radius 1 is 1.36 bits per heavy atom. The number of esters is 1. The maximum Gasteiger partial charge on any atom is 0.494 e. The van der Waals surface area contributed by atoms with Crippen molar-refractivity contribution in [2.24, 2.45) is 17.1 Å². The molecular formula is C24H30BN5O6. The minimum Gasteiger partial charge on any atom is -0.469 e. The molecule has 2 fully saturated rings. The van der Waals surface area contributed by atoms with Crippen LogP contribution in [0, 0.1) is 22.7 Å². The summed E-state index contributed by atoms with van der Waals surface area (Å²) >= 11 is 0. The van der Waals surface area contributed by atoms with E-state index < -0.39 is 13.0 Å². The summed E-state index contributed by atoms with van der Waals surface area (Å²) in [5.41, 5.74) is 7.66. The number of primary amides is 1. The highest BCUT2D eigenvalue weighted by Gasteiger charge is 2.35. The molecule has 2 aliphatic heterocycles. The Kier molecular flexibility index (Phi) is 7.63. The highest BCUT2D eigenvalue weighted by Crippen LogP contribution is 2.29. The smallest absolute Gasteiger partial charge is 0.469 e. The van der Waals surface area contributed by atoms with Gasteiger partial charge in [0, 0.05) is 37.1 Å². The molecule has 0 radical (unpaired) electrons. The van der Waals surface area contributed by atoms with Gasteiger partial charge in [-0.05, 0) is 29.6 Å². The molecule has 2 aromatic rings. The summed E-state index contributed by atoms with van der Waals surface area (Å²) in [7, 11) is 0.674. The lowest BCUT2D eigenvalue weighted by atomic mass is 9.72. The van der Waals surface area contributed by atoms with Gasteiger partial charge in [-0.15, -0.1) is 0 Å². The largest absolute Gasteiger partial charge is 0.494 e. The van der Waals surface area contributed by atoms with E-state index >= 15 is 0 Å². The van der Waals surface area contributed by atoms with E-state index in [9.17, 15) is 14.9 Å². The van der Waals surface area contributed by atoms with Crippen LogP contribution in [-0.4, -0.2) is 62.3 Å². The predicted octanol–water partition coefficient (Wildman–Crippen LogP) is 1.31. The molecule has 2 aliphatic rings. The lowest BCUT2D eigenvalue weighted by Gasteiger charge is -2.33. The summed E-state index contributed by atoms with van der Waals surface area (Å²) < 4.78 is 23.9. The number of benzene rings is 1. The lowest BCUT2D eigenvalue weighted by Crippen LogP contribution is -2.48. The molecule has 3 N–H and O–H groups in total. The topological polar surface area (TPSA) is 151 Å². The number of carbonyl (C=O) groups excluding carboxylic acids is 2. The first-order chi connectivity index (χ1) is 17.2. The molecule has 0 bridgehead atoms. The van der Waals surface area contributed by atoms with E-state index in [0.717, 1.165) is 0 Å². The van der Waals surface area contributed by atoms with Gasteiger partial charge in [0.25, 0.3) is 5.91 Å². The third kappa shape index (κ3) is 5.70. The van der Waals surface area contributed by atoms with Gasteiger partial charge in [0.15, 0.2) is 5.82 Å². The van der Waals surface area contributed by atoms with Crippen molar-refractivity contribution in [3.05, 3.63) is 35.5 Å². The SMILES string of the molecule is COC(=O)Cc1ccc(Nc2nn(C3COCC[C@@H]3C#N)cc2C(N)=O)cc1B1OCC(C)(C)CO1. The summed E-state index contributed by atoms with van der Waals surface area (Å²) in [5, 5.41) is 17.2. The number of carbonyl (C=O) groups is 2. The van der Waals surface area contributed by atoms with E-state index in [-0.39, 0.29) is 41.1 Å². The molecule has 36 heavy (non-hydrogen) atoms. The number of hydrogen-bond donors (Lipinski definition) is 2. The summed E-state index contributed by atoms with van der Waals surface area (Å²) in [6.07, 6.45) is 2.17. The van der Waals surface area contributed by atoms with Crippen molar-refractivity contribution < 1.29 is 28.4 Å². The van der Waals surface area contributed by atoms with Gasteiger partial charge in [0.05, 0.1) is 38.2 Å². The standard InChI is InChI=1S/C24H30BN5O6/c1-24(2)13-35-25(36-14-24)19-9-17(5-4-15(19)8-21(31)33-3)28-23-18(22(27)32)11-30(29-23)20-12-34-7-6-16(20)10-26/h4-5,9,11,16,20H,6-8,12-14H2,1-3H3,(H2,27,32)(H,28,29)/t16-,20?/m1/s1. The summed E-state index contributed by atoms with van der Waals surface area (Å²) in [6, 6.07) is 7.31. The number of aromatic nitrogens is 2. The highest BCUT2D eigenvalue weighted by molar-refractivity contribution is 6.62. The van der Waals surface area contributed by atoms with Gasteiger partial charge in [0.2, 0.25) is 0 Å². The molecule has 2 atom stereocenters. The van der Waals surface area contributed by atoms with Gasteiger partial charge >= 0.3 is 13.1 Å². The number of amides is 1.